The molecule has 0 amide bonds. The molecular weight excluding hydrogens is 226 g/mol. The van der Waals surface area contributed by atoms with Crippen LogP contribution in [0.15, 0.2) is 0 Å². The molecule has 0 aromatic carbocycles. The standard InChI is InChI=1S/C13H25N5/c1-5-12-14-13(16-15-12)9-17-6-7-18(10(2)3)11(4)8-17/h10-11H,5-9H2,1-4H3,(H,14,15,16). The molecule has 1 aliphatic rings. The first-order valence-corrected chi connectivity index (χ1v) is 6.98. The molecule has 1 aromatic rings. The Hall–Kier alpha value is -0.940. The number of hydrogen-bond donors (Lipinski definition) is 1. The van der Waals surface area contributed by atoms with Crippen LogP contribution in [-0.2, 0) is 13.0 Å². The van der Waals surface area contributed by atoms with E-state index in [2.05, 4.69) is 52.7 Å². The average molecular weight is 251 g/mol. The molecule has 18 heavy (non-hydrogen) atoms. The van der Waals surface area contributed by atoms with Gasteiger partial charge in [-0.2, -0.15) is 5.10 Å². The Morgan fingerprint density at radius 3 is 2.72 bits per heavy atom. The van der Waals surface area contributed by atoms with Crippen LogP contribution in [0.25, 0.3) is 0 Å². The zero-order chi connectivity index (χ0) is 13.1. The Morgan fingerprint density at radius 1 is 1.39 bits per heavy atom. The van der Waals surface area contributed by atoms with Gasteiger partial charge >= 0.3 is 0 Å². The van der Waals surface area contributed by atoms with Gasteiger partial charge in [0.15, 0.2) is 0 Å². The minimum absolute atomic E-state index is 0.618. The van der Waals surface area contributed by atoms with E-state index in [0.717, 1.165) is 44.2 Å². The number of aromatic nitrogens is 3. The molecule has 0 saturated carbocycles. The van der Waals surface area contributed by atoms with Gasteiger partial charge in [0.05, 0.1) is 6.54 Å². The Bertz CT molecular complexity index is 373. The van der Waals surface area contributed by atoms with Gasteiger partial charge in [-0.1, -0.05) is 6.92 Å². The van der Waals surface area contributed by atoms with Gasteiger partial charge in [0.25, 0.3) is 0 Å². The Morgan fingerprint density at radius 2 is 2.17 bits per heavy atom. The van der Waals surface area contributed by atoms with E-state index in [-0.39, 0.29) is 0 Å². The highest BCUT2D eigenvalue weighted by molar-refractivity contribution is 4.91. The van der Waals surface area contributed by atoms with Crippen molar-refractivity contribution in [3.05, 3.63) is 11.6 Å². The van der Waals surface area contributed by atoms with Crippen molar-refractivity contribution in [2.75, 3.05) is 19.6 Å². The fraction of sp³-hybridized carbons (Fsp3) is 0.846. The van der Waals surface area contributed by atoms with E-state index in [0.29, 0.717) is 12.1 Å². The molecule has 102 valence electrons. The first-order valence-electron chi connectivity index (χ1n) is 6.98. The number of piperazine rings is 1. The van der Waals surface area contributed by atoms with E-state index < -0.39 is 0 Å². The molecule has 1 fully saturated rings. The molecule has 0 spiro atoms. The highest BCUT2D eigenvalue weighted by Crippen LogP contribution is 2.14. The van der Waals surface area contributed by atoms with Gasteiger partial charge in [-0.3, -0.25) is 14.9 Å². The topological polar surface area (TPSA) is 48.1 Å². The lowest BCUT2D eigenvalue weighted by atomic mass is 10.1. The fourth-order valence-electron chi connectivity index (χ4n) is 2.73. The van der Waals surface area contributed by atoms with E-state index in [1.165, 1.54) is 0 Å². The Kier molecular flexibility index (Phi) is 4.35. The van der Waals surface area contributed by atoms with Crippen LogP contribution < -0.4 is 0 Å². The normalized spacial score (nSPS) is 22.8. The van der Waals surface area contributed by atoms with Crippen molar-refractivity contribution in [2.45, 2.75) is 52.7 Å². The maximum absolute atomic E-state index is 4.48. The molecule has 5 nitrogen and oxygen atoms in total. The smallest absolute Gasteiger partial charge is 0.150 e. The first kappa shape index (κ1) is 13.5. The average Bonchev–Trinajstić information content (AvgIpc) is 2.76. The second kappa shape index (κ2) is 5.80. The monoisotopic (exact) mass is 251 g/mol. The maximum Gasteiger partial charge on any atom is 0.150 e. The molecule has 0 aliphatic carbocycles. The zero-order valence-corrected chi connectivity index (χ0v) is 12.0. The minimum Gasteiger partial charge on any atom is -0.296 e. The van der Waals surface area contributed by atoms with Gasteiger partial charge < -0.3 is 0 Å². The third kappa shape index (κ3) is 3.09. The molecule has 1 unspecified atom stereocenters. The summed E-state index contributed by atoms with van der Waals surface area (Å²) >= 11 is 0. The summed E-state index contributed by atoms with van der Waals surface area (Å²) < 4.78 is 0. The number of aromatic amines is 1. The van der Waals surface area contributed by atoms with Gasteiger partial charge in [0.2, 0.25) is 0 Å². The van der Waals surface area contributed by atoms with Gasteiger partial charge in [-0.25, -0.2) is 4.98 Å². The van der Waals surface area contributed by atoms with E-state index >= 15 is 0 Å². The van der Waals surface area contributed by atoms with Crippen LogP contribution in [0.1, 0.15) is 39.3 Å². The SMILES string of the molecule is CCc1n[nH]c(CN2CCN(C(C)C)C(C)C2)n1. The summed E-state index contributed by atoms with van der Waals surface area (Å²) in [5.41, 5.74) is 0. The zero-order valence-electron chi connectivity index (χ0n) is 12.0. The van der Waals surface area contributed by atoms with Crippen LogP contribution in [0.5, 0.6) is 0 Å². The fourth-order valence-corrected chi connectivity index (χ4v) is 2.73. The Labute approximate surface area is 110 Å². The third-order valence-corrected chi connectivity index (χ3v) is 3.69. The first-order chi connectivity index (χ1) is 8.60. The summed E-state index contributed by atoms with van der Waals surface area (Å²) in [6, 6.07) is 1.26. The lowest BCUT2D eigenvalue weighted by Gasteiger charge is -2.41. The largest absolute Gasteiger partial charge is 0.296 e. The predicted octanol–water partition coefficient (Wildman–Crippen LogP) is 1.28. The number of nitrogens with one attached hydrogen (secondary N) is 1. The van der Waals surface area contributed by atoms with Gasteiger partial charge in [0.1, 0.15) is 11.6 Å². The van der Waals surface area contributed by atoms with E-state index in [4.69, 9.17) is 0 Å². The van der Waals surface area contributed by atoms with Crippen molar-refractivity contribution in [1.82, 2.24) is 25.0 Å². The molecule has 1 N–H and O–H groups in total. The molecule has 2 heterocycles. The van der Waals surface area contributed by atoms with Crippen molar-refractivity contribution in [1.29, 1.82) is 0 Å². The number of rotatable bonds is 4. The summed E-state index contributed by atoms with van der Waals surface area (Å²) in [6.07, 6.45) is 0.897. The molecule has 5 heteroatoms. The quantitative estimate of drug-likeness (QED) is 0.876. The highest BCUT2D eigenvalue weighted by atomic mass is 15.3. The minimum atomic E-state index is 0.618. The molecule has 1 atom stereocenters. The van der Waals surface area contributed by atoms with Crippen LogP contribution in [0.2, 0.25) is 0 Å². The van der Waals surface area contributed by atoms with Gasteiger partial charge in [-0.15, -0.1) is 0 Å². The summed E-state index contributed by atoms with van der Waals surface area (Å²) in [5, 5.41) is 7.23. The molecular formula is C13H25N5. The molecule has 1 saturated heterocycles. The van der Waals surface area contributed by atoms with Gasteiger partial charge in [-0.05, 0) is 20.8 Å². The number of aryl methyl sites for hydroxylation is 1. The van der Waals surface area contributed by atoms with Gasteiger partial charge in [0, 0.05) is 38.1 Å². The summed E-state index contributed by atoms with van der Waals surface area (Å²) in [4.78, 5) is 9.51. The van der Waals surface area contributed by atoms with Crippen molar-refractivity contribution in [3.8, 4) is 0 Å². The molecule has 1 aromatic heterocycles. The van der Waals surface area contributed by atoms with Crippen LogP contribution in [0, 0.1) is 0 Å². The predicted molar refractivity (Wildman–Crippen MR) is 72.3 cm³/mol. The second-order valence-corrected chi connectivity index (χ2v) is 5.47. The summed E-state index contributed by atoms with van der Waals surface area (Å²) in [5.74, 6) is 1.91. The highest BCUT2D eigenvalue weighted by Gasteiger charge is 2.25. The lowest BCUT2D eigenvalue weighted by Crippen LogP contribution is -2.53. The number of nitrogens with zero attached hydrogens (tertiary/aromatic N) is 4. The van der Waals surface area contributed by atoms with Crippen molar-refractivity contribution < 1.29 is 0 Å². The molecule has 0 radical (unpaired) electrons. The van der Waals surface area contributed by atoms with E-state index in [1.54, 1.807) is 0 Å². The maximum atomic E-state index is 4.48. The molecule has 0 bridgehead atoms. The lowest BCUT2D eigenvalue weighted by molar-refractivity contribution is 0.0552. The summed E-state index contributed by atoms with van der Waals surface area (Å²) in [6.45, 7) is 13.2. The van der Waals surface area contributed by atoms with Crippen LogP contribution in [0.4, 0.5) is 0 Å². The summed E-state index contributed by atoms with van der Waals surface area (Å²) in [7, 11) is 0. The molecule has 2 rings (SSSR count). The van der Waals surface area contributed by atoms with Crippen LogP contribution in [-0.4, -0.2) is 56.7 Å². The van der Waals surface area contributed by atoms with Crippen LogP contribution >= 0.6 is 0 Å². The third-order valence-electron chi connectivity index (χ3n) is 3.69. The van der Waals surface area contributed by atoms with Crippen molar-refractivity contribution >= 4 is 0 Å². The Balaban J connectivity index is 1.88. The molecule has 1 aliphatic heterocycles. The number of H-pyrrole nitrogens is 1. The van der Waals surface area contributed by atoms with E-state index in [1.807, 2.05) is 0 Å². The van der Waals surface area contributed by atoms with Crippen molar-refractivity contribution in [3.63, 3.8) is 0 Å². The van der Waals surface area contributed by atoms with Crippen molar-refractivity contribution in [2.24, 2.45) is 0 Å². The number of hydrogen-bond acceptors (Lipinski definition) is 4. The van der Waals surface area contributed by atoms with E-state index in [9.17, 15) is 0 Å². The van der Waals surface area contributed by atoms with Crippen LogP contribution in [0.3, 0.4) is 0 Å². The second-order valence-electron chi connectivity index (χ2n) is 5.47.